The van der Waals surface area contributed by atoms with E-state index in [1.165, 1.54) is 35.6 Å². The van der Waals surface area contributed by atoms with Crippen LogP contribution in [0.25, 0.3) is 22.0 Å². The molecule has 3 heterocycles. The number of H-pyrrole nitrogens is 1. The molecule has 0 atom stereocenters. The van der Waals surface area contributed by atoms with Crippen LogP contribution in [0.3, 0.4) is 0 Å². The van der Waals surface area contributed by atoms with Crippen molar-refractivity contribution in [3.63, 3.8) is 0 Å². The molecule has 0 radical (unpaired) electrons. The maximum Gasteiger partial charge on any atom is 0.439 e. The average molecular weight is 550 g/mol. The Labute approximate surface area is 216 Å². The molecule has 1 amide bonds. The standard InChI is InChI=1S/C24H19F4N5O4S/c25-17-9-15(5-6-16(17)21-31-23(35)37-32-21)36-12-19-18(10-33-8-7-29-20(34)11-33)30-22(38-19)13-1-3-14(4-2-13)24(26,27)28/h1-6,9H,7-8,10-12H2,(H,29,34)(H,31,32,35). The summed E-state index contributed by atoms with van der Waals surface area (Å²) in [6, 6.07) is 8.71. The number of nitrogens with one attached hydrogen (secondary N) is 2. The number of nitrogens with zero attached hydrogens (tertiary/aromatic N) is 3. The molecule has 9 nitrogen and oxygen atoms in total. The number of aromatic amines is 1. The van der Waals surface area contributed by atoms with Crippen molar-refractivity contribution < 1.29 is 31.6 Å². The normalized spacial score (nSPS) is 14.5. The highest BCUT2D eigenvalue weighted by atomic mass is 32.1. The number of piperazine rings is 1. The predicted octanol–water partition coefficient (Wildman–Crippen LogP) is 3.82. The molecular formula is C24H19F4N5O4S. The summed E-state index contributed by atoms with van der Waals surface area (Å²) in [5.74, 6) is -1.48. The smallest absolute Gasteiger partial charge is 0.439 e. The van der Waals surface area contributed by atoms with Crippen LogP contribution in [-0.4, -0.2) is 45.6 Å². The maximum absolute atomic E-state index is 14.6. The molecule has 1 aliphatic rings. The molecular weight excluding hydrogens is 530 g/mol. The van der Waals surface area contributed by atoms with Crippen LogP contribution in [0, 0.1) is 5.82 Å². The third-order valence-corrected chi connectivity index (χ3v) is 6.85. The van der Waals surface area contributed by atoms with Crippen molar-refractivity contribution >= 4 is 17.2 Å². The average Bonchev–Trinajstić information content (AvgIpc) is 3.48. The van der Waals surface area contributed by atoms with Crippen molar-refractivity contribution in [2.75, 3.05) is 19.6 Å². The number of aromatic nitrogens is 3. The molecule has 0 unspecified atom stereocenters. The first-order valence-electron chi connectivity index (χ1n) is 11.3. The van der Waals surface area contributed by atoms with Crippen molar-refractivity contribution in [2.45, 2.75) is 19.3 Å². The van der Waals surface area contributed by atoms with Crippen molar-refractivity contribution in [1.29, 1.82) is 0 Å². The van der Waals surface area contributed by atoms with Gasteiger partial charge in [-0.2, -0.15) is 13.2 Å². The highest BCUT2D eigenvalue weighted by molar-refractivity contribution is 7.15. The Morgan fingerprint density at radius 2 is 1.92 bits per heavy atom. The lowest BCUT2D eigenvalue weighted by Gasteiger charge is -2.25. The van der Waals surface area contributed by atoms with Crippen molar-refractivity contribution in [2.24, 2.45) is 0 Å². The largest absolute Gasteiger partial charge is 0.488 e. The van der Waals surface area contributed by atoms with Crippen molar-refractivity contribution in [3.05, 3.63) is 75.0 Å². The number of hydrogen-bond donors (Lipinski definition) is 2. The summed E-state index contributed by atoms with van der Waals surface area (Å²) in [5.41, 5.74) is 0.372. The minimum atomic E-state index is -4.45. The fourth-order valence-electron chi connectivity index (χ4n) is 3.86. The number of rotatable bonds is 7. The lowest BCUT2D eigenvalue weighted by Crippen LogP contribution is -2.47. The zero-order chi connectivity index (χ0) is 26.9. The first kappa shape index (κ1) is 25.6. The summed E-state index contributed by atoms with van der Waals surface area (Å²) in [7, 11) is 0. The van der Waals surface area contributed by atoms with Crippen LogP contribution in [0.4, 0.5) is 17.6 Å². The Bertz CT molecular complexity index is 1510. The molecule has 0 spiro atoms. The van der Waals surface area contributed by atoms with Crippen LogP contribution in [0.1, 0.15) is 16.1 Å². The lowest BCUT2D eigenvalue weighted by atomic mass is 10.1. The zero-order valence-corrected chi connectivity index (χ0v) is 20.3. The minimum Gasteiger partial charge on any atom is -0.488 e. The molecule has 0 aliphatic carbocycles. The summed E-state index contributed by atoms with van der Waals surface area (Å²) in [4.78, 5) is 32.4. The highest BCUT2D eigenvalue weighted by Crippen LogP contribution is 2.34. The Balaban J connectivity index is 1.38. The number of hydrogen-bond acceptors (Lipinski definition) is 8. The molecule has 1 aliphatic heterocycles. The van der Waals surface area contributed by atoms with Crippen LogP contribution in [0.15, 0.2) is 51.8 Å². The van der Waals surface area contributed by atoms with Crippen LogP contribution in [0.2, 0.25) is 0 Å². The highest BCUT2D eigenvalue weighted by Gasteiger charge is 2.30. The first-order chi connectivity index (χ1) is 18.2. The number of thiazole rings is 1. The topological polar surface area (TPSA) is 113 Å². The molecule has 4 aromatic rings. The molecule has 5 rings (SSSR count). The number of alkyl halides is 3. The van der Waals surface area contributed by atoms with Gasteiger partial charge in [-0.1, -0.05) is 17.3 Å². The van der Waals surface area contributed by atoms with Gasteiger partial charge in [-0.3, -0.25) is 19.2 Å². The van der Waals surface area contributed by atoms with E-state index in [0.29, 0.717) is 40.8 Å². The Hall–Kier alpha value is -4.04. The number of carbonyl (C=O) groups is 1. The second-order valence-electron chi connectivity index (χ2n) is 8.40. The molecule has 38 heavy (non-hydrogen) atoms. The molecule has 14 heteroatoms. The number of carbonyl (C=O) groups excluding carboxylic acids is 1. The van der Waals surface area contributed by atoms with Gasteiger partial charge >= 0.3 is 11.9 Å². The monoisotopic (exact) mass is 549 g/mol. The third-order valence-electron chi connectivity index (χ3n) is 5.73. The van der Waals surface area contributed by atoms with E-state index in [1.54, 1.807) is 0 Å². The summed E-state index contributed by atoms with van der Waals surface area (Å²) in [5, 5.41) is 6.71. The van der Waals surface area contributed by atoms with E-state index >= 15 is 0 Å². The predicted molar refractivity (Wildman–Crippen MR) is 128 cm³/mol. The Morgan fingerprint density at radius 1 is 1.13 bits per heavy atom. The van der Waals surface area contributed by atoms with E-state index < -0.39 is 23.3 Å². The molecule has 0 bridgehead atoms. The molecule has 0 saturated carbocycles. The van der Waals surface area contributed by atoms with E-state index in [1.807, 2.05) is 4.90 Å². The fourth-order valence-corrected chi connectivity index (χ4v) is 4.84. The van der Waals surface area contributed by atoms with Crippen LogP contribution in [0.5, 0.6) is 5.75 Å². The van der Waals surface area contributed by atoms with E-state index in [4.69, 9.17) is 4.74 Å². The summed E-state index contributed by atoms with van der Waals surface area (Å²) in [6.45, 7) is 1.62. The quantitative estimate of drug-likeness (QED) is 0.337. The van der Waals surface area contributed by atoms with Gasteiger partial charge in [0.2, 0.25) is 5.91 Å². The first-order valence-corrected chi connectivity index (χ1v) is 12.1. The number of ether oxygens (including phenoxy) is 1. The summed E-state index contributed by atoms with van der Waals surface area (Å²) in [6.07, 6.45) is -4.45. The van der Waals surface area contributed by atoms with Crippen LogP contribution in [-0.2, 0) is 24.1 Å². The lowest BCUT2D eigenvalue weighted by molar-refractivity contribution is -0.137. The van der Waals surface area contributed by atoms with Gasteiger partial charge in [0.25, 0.3) is 0 Å². The maximum atomic E-state index is 14.6. The second kappa shape index (κ2) is 10.4. The third kappa shape index (κ3) is 5.75. The van der Waals surface area contributed by atoms with Gasteiger partial charge in [0.15, 0.2) is 5.82 Å². The molecule has 1 saturated heterocycles. The van der Waals surface area contributed by atoms with Gasteiger partial charge in [-0.05, 0) is 24.3 Å². The number of halogens is 4. The number of benzene rings is 2. The van der Waals surface area contributed by atoms with Crippen LogP contribution < -0.4 is 15.8 Å². The molecule has 2 N–H and O–H groups in total. The van der Waals surface area contributed by atoms with Gasteiger partial charge in [-0.15, -0.1) is 11.3 Å². The van der Waals surface area contributed by atoms with E-state index in [0.717, 1.165) is 18.2 Å². The summed E-state index contributed by atoms with van der Waals surface area (Å²) < 4.78 is 63.8. The molecule has 198 valence electrons. The van der Waals surface area contributed by atoms with E-state index in [-0.39, 0.29) is 36.2 Å². The SMILES string of the molecule is O=C1CN(Cc2nc(-c3ccc(C(F)(F)F)cc3)sc2COc2ccc(-c3noc(=O)[nH]3)c(F)c2)CCN1. The van der Waals surface area contributed by atoms with Gasteiger partial charge in [0.1, 0.15) is 23.2 Å². The Kier molecular flexibility index (Phi) is 6.99. The summed E-state index contributed by atoms with van der Waals surface area (Å²) >= 11 is 1.24. The molecule has 1 fully saturated rings. The van der Waals surface area contributed by atoms with E-state index in [2.05, 4.69) is 25.0 Å². The molecule has 2 aromatic carbocycles. The zero-order valence-electron chi connectivity index (χ0n) is 19.5. The van der Waals surface area contributed by atoms with E-state index in [9.17, 15) is 27.2 Å². The minimum absolute atomic E-state index is 0.00719. The fraction of sp³-hybridized carbons (Fsp3) is 0.250. The second-order valence-corrected chi connectivity index (χ2v) is 9.48. The number of amides is 1. The molecule has 2 aromatic heterocycles. The van der Waals surface area contributed by atoms with Crippen molar-refractivity contribution in [3.8, 4) is 27.7 Å². The van der Waals surface area contributed by atoms with Crippen molar-refractivity contribution in [1.82, 2.24) is 25.3 Å². The van der Waals surface area contributed by atoms with Gasteiger partial charge in [0.05, 0.1) is 28.2 Å². The Morgan fingerprint density at radius 3 is 2.58 bits per heavy atom. The van der Waals surface area contributed by atoms with Crippen LogP contribution >= 0.6 is 11.3 Å². The van der Waals surface area contributed by atoms with Gasteiger partial charge in [-0.25, -0.2) is 14.2 Å². The van der Waals surface area contributed by atoms with Gasteiger partial charge in [0, 0.05) is 31.3 Å². The van der Waals surface area contributed by atoms with Gasteiger partial charge < -0.3 is 10.1 Å².